The third-order valence-corrected chi connectivity index (χ3v) is 3.62. The molecule has 110 valence electrons. The van der Waals surface area contributed by atoms with E-state index in [2.05, 4.69) is 0 Å². The summed E-state index contributed by atoms with van der Waals surface area (Å²) in [5.41, 5.74) is 12.0. The van der Waals surface area contributed by atoms with E-state index in [1.54, 1.807) is 24.3 Å². The van der Waals surface area contributed by atoms with Crippen LogP contribution in [0.25, 0.3) is 11.0 Å². The summed E-state index contributed by atoms with van der Waals surface area (Å²) in [7, 11) is 0. The molecule has 1 saturated heterocycles. The van der Waals surface area contributed by atoms with Crippen molar-refractivity contribution in [3.8, 4) is 0 Å². The number of benzene rings is 1. The van der Waals surface area contributed by atoms with E-state index in [1.165, 1.54) is 4.90 Å². The number of anilines is 1. The number of carbonyl (C=O) groups excluding carboxylic acids is 2. The van der Waals surface area contributed by atoms with Crippen LogP contribution in [-0.2, 0) is 4.79 Å². The normalized spacial score (nSPS) is 21.9. The van der Waals surface area contributed by atoms with Crippen LogP contribution in [0.4, 0.5) is 5.69 Å². The van der Waals surface area contributed by atoms with E-state index in [4.69, 9.17) is 15.9 Å². The Morgan fingerprint density at radius 3 is 2.81 bits per heavy atom. The molecule has 1 aromatic carbocycles. The number of rotatable bonds is 2. The number of β-amino-alcohol motifs (C(OH)–C–C–N with tert-alkyl or cyclic N) is 1. The van der Waals surface area contributed by atoms with Gasteiger partial charge in [-0.1, -0.05) is 0 Å². The third-order valence-electron chi connectivity index (χ3n) is 3.62. The third kappa shape index (κ3) is 2.31. The van der Waals surface area contributed by atoms with Gasteiger partial charge < -0.3 is 25.9 Å². The van der Waals surface area contributed by atoms with E-state index >= 15 is 0 Å². The Balaban J connectivity index is 1.94. The van der Waals surface area contributed by atoms with E-state index in [0.717, 1.165) is 0 Å². The van der Waals surface area contributed by atoms with Gasteiger partial charge in [0.15, 0.2) is 5.76 Å². The van der Waals surface area contributed by atoms with Crippen LogP contribution >= 0.6 is 0 Å². The van der Waals surface area contributed by atoms with E-state index in [1.807, 2.05) is 0 Å². The van der Waals surface area contributed by atoms with Crippen molar-refractivity contribution >= 4 is 28.5 Å². The molecule has 2 unspecified atom stereocenters. The molecule has 1 aromatic heterocycles. The lowest BCUT2D eigenvalue weighted by molar-refractivity contribution is -0.121. The maximum Gasteiger partial charge on any atom is 0.290 e. The lowest BCUT2D eigenvalue weighted by Crippen LogP contribution is -2.43. The number of aliphatic hydroxyl groups excluding tert-OH is 1. The molecule has 5 N–H and O–H groups in total. The average Bonchev–Trinajstić information content (AvgIpc) is 3.00. The molecule has 0 radical (unpaired) electrons. The number of nitrogen functional groups attached to an aromatic ring is 1. The van der Waals surface area contributed by atoms with Crippen molar-refractivity contribution in [2.45, 2.75) is 18.6 Å². The SMILES string of the molecule is NC(=O)C1CC(O)CN1C(=O)c1cc2cc(N)ccc2o1. The van der Waals surface area contributed by atoms with Crippen LogP contribution in [-0.4, -0.2) is 40.5 Å². The number of nitrogens with zero attached hydrogens (tertiary/aromatic N) is 1. The zero-order valence-corrected chi connectivity index (χ0v) is 11.2. The number of likely N-dealkylation sites (tertiary alicyclic amines) is 1. The number of carbonyl (C=O) groups is 2. The van der Waals surface area contributed by atoms with Crippen molar-refractivity contribution in [1.82, 2.24) is 4.90 Å². The first-order valence-electron chi connectivity index (χ1n) is 6.53. The largest absolute Gasteiger partial charge is 0.451 e. The van der Waals surface area contributed by atoms with Crippen LogP contribution < -0.4 is 11.5 Å². The minimum Gasteiger partial charge on any atom is -0.451 e. The van der Waals surface area contributed by atoms with Gasteiger partial charge in [-0.15, -0.1) is 0 Å². The van der Waals surface area contributed by atoms with E-state index < -0.39 is 24.0 Å². The molecule has 0 bridgehead atoms. The van der Waals surface area contributed by atoms with Crippen LogP contribution in [0.3, 0.4) is 0 Å². The van der Waals surface area contributed by atoms with E-state index in [0.29, 0.717) is 16.7 Å². The van der Waals surface area contributed by atoms with Gasteiger partial charge in [0, 0.05) is 24.0 Å². The maximum atomic E-state index is 12.4. The van der Waals surface area contributed by atoms with Crippen LogP contribution in [0.15, 0.2) is 28.7 Å². The molecular weight excluding hydrogens is 274 g/mol. The van der Waals surface area contributed by atoms with E-state index in [-0.39, 0.29) is 18.7 Å². The van der Waals surface area contributed by atoms with Gasteiger partial charge in [-0.3, -0.25) is 9.59 Å². The zero-order valence-electron chi connectivity index (χ0n) is 11.2. The van der Waals surface area contributed by atoms with Gasteiger partial charge in [0.25, 0.3) is 5.91 Å². The molecule has 7 nitrogen and oxygen atoms in total. The summed E-state index contributed by atoms with van der Waals surface area (Å²) < 4.78 is 5.48. The molecule has 1 aliphatic heterocycles. The molecule has 2 aromatic rings. The summed E-state index contributed by atoms with van der Waals surface area (Å²) in [6, 6.07) is 5.79. The van der Waals surface area contributed by atoms with Crippen molar-refractivity contribution in [2.24, 2.45) is 5.73 Å². The average molecular weight is 289 g/mol. The second-order valence-corrected chi connectivity index (χ2v) is 5.17. The Bertz CT molecular complexity index is 724. The Kier molecular flexibility index (Phi) is 3.06. The van der Waals surface area contributed by atoms with Crippen molar-refractivity contribution in [1.29, 1.82) is 0 Å². The van der Waals surface area contributed by atoms with E-state index in [9.17, 15) is 14.7 Å². The highest BCUT2D eigenvalue weighted by Gasteiger charge is 2.39. The molecule has 0 aliphatic carbocycles. The first-order chi connectivity index (χ1) is 9.95. The van der Waals surface area contributed by atoms with Gasteiger partial charge in [0.1, 0.15) is 11.6 Å². The Hall–Kier alpha value is -2.54. The Morgan fingerprint density at radius 1 is 1.33 bits per heavy atom. The fourth-order valence-electron chi connectivity index (χ4n) is 2.62. The molecule has 2 heterocycles. The lowest BCUT2D eigenvalue weighted by atomic mass is 10.2. The first kappa shape index (κ1) is 13.4. The second-order valence-electron chi connectivity index (χ2n) is 5.17. The lowest BCUT2D eigenvalue weighted by Gasteiger charge is -2.20. The summed E-state index contributed by atoms with van der Waals surface area (Å²) in [6.07, 6.45) is -0.611. The monoisotopic (exact) mass is 289 g/mol. The summed E-state index contributed by atoms with van der Waals surface area (Å²) in [5, 5.41) is 10.3. The smallest absolute Gasteiger partial charge is 0.290 e. The number of primary amides is 1. The first-order valence-corrected chi connectivity index (χ1v) is 6.53. The standard InChI is InChI=1S/C14H15N3O4/c15-8-1-2-11-7(3-8)4-12(21-11)14(20)17-6-9(18)5-10(17)13(16)19/h1-4,9-10,18H,5-6,15H2,(H2,16,19). The van der Waals surface area contributed by atoms with Gasteiger partial charge in [0.2, 0.25) is 5.91 Å². The maximum absolute atomic E-state index is 12.4. The number of hydrogen-bond donors (Lipinski definition) is 3. The van der Waals surface area contributed by atoms with Gasteiger partial charge in [-0.2, -0.15) is 0 Å². The van der Waals surface area contributed by atoms with Crippen LogP contribution in [0.2, 0.25) is 0 Å². The molecular formula is C14H15N3O4. The summed E-state index contributed by atoms with van der Waals surface area (Å²) in [5.74, 6) is -1.01. The number of amides is 2. The minimum atomic E-state index is -0.814. The topological polar surface area (TPSA) is 123 Å². The van der Waals surface area contributed by atoms with Crippen LogP contribution in [0.1, 0.15) is 17.0 Å². The van der Waals surface area contributed by atoms with Gasteiger partial charge in [-0.05, 0) is 24.3 Å². The number of aliphatic hydroxyl groups is 1. The predicted octanol–water partition coefficient (Wildman–Crippen LogP) is 0.0757. The van der Waals surface area contributed by atoms with Crippen LogP contribution in [0, 0.1) is 0 Å². The number of hydrogen-bond acceptors (Lipinski definition) is 5. The number of nitrogens with two attached hydrogens (primary N) is 2. The second kappa shape index (κ2) is 4.78. The summed E-state index contributed by atoms with van der Waals surface area (Å²) in [6.45, 7) is 0.0611. The molecule has 1 fully saturated rings. The van der Waals surface area contributed by atoms with Crippen molar-refractivity contribution < 1.29 is 19.1 Å². The Labute approximate surface area is 120 Å². The highest BCUT2D eigenvalue weighted by atomic mass is 16.3. The van der Waals surface area contributed by atoms with Gasteiger partial charge in [0.05, 0.1) is 6.10 Å². The molecule has 3 rings (SSSR count). The van der Waals surface area contributed by atoms with Crippen molar-refractivity contribution in [2.75, 3.05) is 12.3 Å². The summed E-state index contributed by atoms with van der Waals surface area (Å²) >= 11 is 0. The number of furan rings is 1. The minimum absolute atomic E-state index is 0.0611. The Morgan fingerprint density at radius 2 is 2.10 bits per heavy atom. The number of fused-ring (bicyclic) bond motifs is 1. The molecule has 1 aliphatic rings. The molecule has 0 spiro atoms. The molecule has 21 heavy (non-hydrogen) atoms. The molecule has 2 amide bonds. The van der Waals surface area contributed by atoms with Crippen LogP contribution in [0.5, 0.6) is 0 Å². The fourth-order valence-corrected chi connectivity index (χ4v) is 2.62. The van der Waals surface area contributed by atoms with Gasteiger partial charge in [-0.25, -0.2) is 0 Å². The highest BCUT2D eigenvalue weighted by Crippen LogP contribution is 2.25. The van der Waals surface area contributed by atoms with Gasteiger partial charge >= 0.3 is 0 Å². The van der Waals surface area contributed by atoms with Crippen molar-refractivity contribution in [3.05, 3.63) is 30.0 Å². The summed E-state index contributed by atoms with van der Waals surface area (Å²) in [4.78, 5) is 25.1. The molecule has 0 saturated carbocycles. The quantitative estimate of drug-likeness (QED) is 0.675. The fraction of sp³-hybridized carbons (Fsp3) is 0.286. The zero-order chi connectivity index (χ0) is 15.1. The van der Waals surface area contributed by atoms with Crippen molar-refractivity contribution in [3.63, 3.8) is 0 Å². The predicted molar refractivity (Wildman–Crippen MR) is 75.3 cm³/mol. The highest BCUT2D eigenvalue weighted by molar-refractivity contribution is 5.99. The molecule has 2 atom stereocenters. The molecule has 7 heteroatoms.